The Kier molecular flexibility index (Phi) is 4.49. The number of urea groups is 1. The second-order valence-electron chi connectivity index (χ2n) is 4.50. The van der Waals surface area contributed by atoms with Crippen LogP contribution in [0.15, 0.2) is 16.6 Å². The van der Waals surface area contributed by atoms with Crippen LogP contribution in [0.2, 0.25) is 5.02 Å². The van der Waals surface area contributed by atoms with E-state index in [1.807, 2.05) is 0 Å². The summed E-state index contributed by atoms with van der Waals surface area (Å²) in [6, 6.07) is 0.584. The van der Waals surface area contributed by atoms with E-state index in [4.69, 9.17) is 16.7 Å². The van der Waals surface area contributed by atoms with Gasteiger partial charge in [0.15, 0.2) is 0 Å². The summed E-state index contributed by atoms with van der Waals surface area (Å²) >= 11 is 8.90. The van der Waals surface area contributed by atoms with E-state index >= 15 is 0 Å². The van der Waals surface area contributed by atoms with Gasteiger partial charge in [-0.2, -0.15) is 0 Å². The maximum Gasteiger partial charge on any atom is 0.326 e. The summed E-state index contributed by atoms with van der Waals surface area (Å²) in [5, 5.41) is 13.8. The van der Waals surface area contributed by atoms with Gasteiger partial charge >= 0.3 is 12.0 Å². The summed E-state index contributed by atoms with van der Waals surface area (Å²) in [5.74, 6) is -1.66. The van der Waals surface area contributed by atoms with Crippen molar-refractivity contribution in [3.8, 4) is 0 Å². The van der Waals surface area contributed by atoms with Crippen molar-refractivity contribution < 1.29 is 19.1 Å². The molecule has 5 nitrogen and oxygen atoms in total. The molecule has 1 aromatic rings. The monoisotopic (exact) mass is 364 g/mol. The zero-order valence-corrected chi connectivity index (χ0v) is 12.5. The van der Waals surface area contributed by atoms with Gasteiger partial charge < -0.3 is 15.7 Å². The number of rotatable bonds is 4. The van der Waals surface area contributed by atoms with Crippen molar-refractivity contribution >= 4 is 45.2 Å². The van der Waals surface area contributed by atoms with Gasteiger partial charge in [-0.25, -0.2) is 14.0 Å². The molecule has 2 rings (SSSR count). The Bertz CT molecular complexity index is 543. The van der Waals surface area contributed by atoms with Gasteiger partial charge in [-0.15, -0.1) is 0 Å². The summed E-state index contributed by atoms with van der Waals surface area (Å²) in [6.07, 6.45) is 1.55. The molecular formula is C12H11BrClFN2O3. The largest absolute Gasteiger partial charge is 0.480 e. The Morgan fingerprint density at radius 1 is 1.45 bits per heavy atom. The number of anilines is 1. The minimum Gasteiger partial charge on any atom is -0.480 e. The van der Waals surface area contributed by atoms with Gasteiger partial charge in [0.2, 0.25) is 0 Å². The molecule has 1 aliphatic carbocycles. The molecular weight excluding hydrogens is 354 g/mol. The predicted molar refractivity (Wildman–Crippen MR) is 75.4 cm³/mol. The highest BCUT2D eigenvalue weighted by Gasteiger charge is 2.37. The zero-order chi connectivity index (χ0) is 14.9. The minimum atomic E-state index is -1.08. The van der Waals surface area contributed by atoms with Crippen LogP contribution in [0.25, 0.3) is 0 Å². The number of hydrogen-bond acceptors (Lipinski definition) is 2. The van der Waals surface area contributed by atoms with Crippen molar-refractivity contribution in [1.82, 2.24) is 5.32 Å². The van der Waals surface area contributed by atoms with Crippen LogP contribution in [-0.2, 0) is 4.79 Å². The first-order valence-corrected chi connectivity index (χ1v) is 7.00. The number of carbonyl (C=O) groups excluding carboxylic acids is 1. The summed E-state index contributed by atoms with van der Waals surface area (Å²) in [6.45, 7) is 0. The third-order valence-corrected chi connectivity index (χ3v) is 3.81. The summed E-state index contributed by atoms with van der Waals surface area (Å²) in [5.41, 5.74) is 0.186. The first kappa shape index (κ1) is 15.1. The highest BCUT2D eigenvalue weighted by Crippen LogP contribution is 2.34. The summed E-state index contributed by atoms with van der Waals surface area (Å²) in [4.78, 5) is 22.8. The molecule has 8 heteroatoms. The van der Waals surface area contributed by atoms with Gasteiger partial charge in [0.1, 0.15) is 11.9 Å². The third kappa shape index (κ3) is 3.61. The Morgan fingerprint density at radius 2 is 2.10 bits per heavy atom. The van der Waals surface area contributed by atoms with Crippen LogP contribution >= 0.6 is 27.5 Å². The first-order valence-electron chi connectivity index (χ1n) is 5.83. The van der Waals surface area contributed by atoms with Gasteiger partial charge in [-0.05, 0) is 46.8 Å². The fourth-order valence-corrected chi connectivity index (χ4v) is 2.66. The van der Waals surface area contributed by atoms with Crippen molar-refractivity contribution in [3.05, 3.63) is 27.4 Å². The Hall–Kier alpha value is -1.34. The van der Waals surface area contributed by atoms with E-state index in [2.05, 4.69) is 26.6 Å². The van der Waals surface area contributed by atoms with Crippen LogP contribution in [0, 0.1) is 11.7 Å². The Balaban J connectivity index is 2.06. The number of carboxylic acid groups (broad SMARTS) is 1. The van der Waals surface area contributed by atoms with Gasteiger partial charge in [0, 0.05) is 4.47 Å². The van der Waals surface area contributed by atoms with E-state index in [-0.39, 0.29) is 21.1 Å². The van der Waals surface area contributed by atoms with Crippen LogP contribution in [-0.4, -0.2) is 23.1 Å². The molecule has 20 heavy (non-hydrogen) atoms. The van der Waals surface area contributed by atoms with E-state index < -0.39 is 23.9 Å². The summed E-state index contributed by atoms with van der Waals surface area (Å²) < 4.78 is 13.3. The van der Waals surface area contributed by atoms with Gasteiger partial charge in [0.25, 0.3) is 0 Å². The molecule has 0 saturated heterocycles. The lowest BCUT2D eigenvalue weighted by Crippen LogP contribution is -2.44. The number of carbonyl (C=O) groups is 2. The highest BCUT2D eigenvalue weighted by atomic mass is 79.9. The van der Waals surface area contributed by atoms with Gasteiger partial charge in [-0.3, -0.25) is 0 Å². The standard InChI is InChI=1S/C12H11BrClFN2O3/c13-7-3-6(15)4-8(14)10(7)17-12(20)16-9(11(18)19)5-1-2-5/h3-5,9H,1-2H2,(H,18,19)(H2,16,17,20). The summed E-state index contributed by atoms with van der Waals surface area (Å²) in [7, 11) is 0. The van der Waals surface area contributed by atoms with E-state index in [1.165, 1.54) is 0 Å². The maximum absolute atomic E-state index is 13.1. The van der Waals surface area contributed by atoms with Crippen molar-refractivity contribution in [3.63, 3.8) is 0 Å². The zero-order valence-electron chi connectivity index (χ0n) is 10.1. The molecule has 1 aliphatic rings. The fourth-order valence-electron chi connectivity index (χ4n) is 1.76. The molecule has 1 aromatic carbocycles. The molecule has 0 heterocycles. The van der Waals surface area contributed by atoms with E-state index in [1.54, 1.807) is 0 Å². The molecule has 0 bridgehead atoms. The smallest absolute Gasteiger partial charge is 0.326 e. The van der Waals surface area contributed by atoms with Crippen molar-refractivity contribution in [2.75, 3.05) is 5.32 Å². The van der Waals surface area contributed by atoms with Crippen molar-refractivity contribution in [2.24, 2.45) is 5.92 Å². The number of carboxylic acids is 1. The normalized spacial score (nSPS) is 15.6. The predicted octanol–water partition coefficient (Wildman–Crippen LogP) is 3.23. The van der Waals surface area contributed by atoms with Crippen LogP contribution < -0.4 is 10.6 Å². The first-order chi connectivity index (χ1) is 9.38. The number of halogens is 3. The molecule has 0 spiro atoms. The molecule has 3 N–H and O–H groups in total. The van der Waals surface area contributed by atoms with Crippen LogP contribution in [0.4, 0.5) is 14.9 Å². The van der Waals surface area contributed by atoms with E-state index in [0.717, 1.165) is 25.0 Å². The topological polar surface area (TPSA) is 78.4 Å². The maximum atomic E-state index is 13.1. The third-order valence-electron chi connectivity index (χ3n) is 2.89. The van der Waals surface area contributed by atoms with Gasteiger partial charge in [-0.1, -0.05) is 11.6 Å². The minimum absolute atomic E-state index is 0.0188. The van der Waals surface area contributed by atoms with E-state index in [0.29, 0.717) is 0 Å². The fraction of sp³-hybridized carbons (Fsp3) is 0.333. The lowest BCUT2D eigenvalue weighted by atomic mass is 10.2. The number of benzene rings is 1. The molecule has 1 fully saturated rings. The average molecular weight is 366 g/mol. The van der Waals surface area contributed by atoms with Crippen LogP contribution in [0.3, 0.4) is 0 Å². The molecule has 108 valence electrons. The molecule has 0 aromatic heterocycles. The number of nitrogens with one attached hydrogen (secondary N) is 2. The van der Waals surface area contributed by atoms with Crippen LogP contribution in [0.5, 0.6) is 0 Å². The van der Waals surface area contributed by atoms with Crippen molar-refractivity contribution in [2.45, 2.75) is 18.9 Å². The average Bonchev–Trinajstić information content (AvgIpc) is 3.14. The number of amides is 2. The van der Waals surface area contributed by atoms with Gasteiger partial charge in [0.05, 0.1) is 10.7 Å². The number of aliphatic carboxylic acids is 1. The Labute approximate surface area is 127 Å². The molecule has 2 amide bonds. The molecule has 1 atom stereocenters. The molecule has 1 saturated carbocycles. The Morgan fingerprint density at radius 3 is 2.60 bits per heavy atom. The van der Waals surface area contributed by atoms with Crippen molar-refractivity contribution in [1.29, 1.82) is 0 Å². The molecule has 1 unspecified atom stereocenters. The molecule has 0 aliphatic heterocycles. The second-order valence-corrected chi connectivity index (χ2v) is 5.76. The lowest BCUT2D eigenvalue weighted by molar-refractivity contribution is -0.139. The second kappa shape index (κ2) is 5.97. The number of hydrogen-bond donors (Lipinski definition) is 3. The molecule has 0 radical (unpaired) electrons. The lowest BCUT2D eigenvalue weighted by Gasteiger charge is -2.15. The quantitative estimate of drug-likeness (QED) is 0.766. The SMILES string of the molecule is O=C(Nc1c(Cl)cc(F)cc1Br)NC(C(=O)O)C1CC1. The van der Waals surface area contributed by atoms with Crippen LogP contribution in [0.1, 0.15) is 12.8 Å². The highest BCUT2D eigenvalue weighted by molar-refractivity contribution is 9.10. The van der Waals surface area contributed by atoms with E-state index in [9.17, 15) is 14.0 Å².